The minimum atomic E-state index is -2.31. The van der Waals surface area contributed by atoms with Crippen molar-refractivity contribution in [3.63, 3.8) is 0 Å². The fraction of sp³-hybridized carbons (Fsp3) is 0.566. The maximum Gasteiger partial charge on any atom is 0.344 e. The maximum absolute atomic E-state index is 15.7. The first-order valence-corrected chi connectivity index (χ1v) is 24.8. The largest absolute Gasteiger partial charge is 0.507 e. The predicted octanol–water partition coefficient (Wildman–Crippen LogP) is 5.91. The van der Waals surface area contributed by atoms with E-state index in [1.807, 2.05) is 44.0 Å². The number of fused-ring (bicyclic) bond motifs is 5. The molecule has 0 aromatic heterocycles. The number of nitrogens with zero attached hydrogens (tertiary/aromatic N) is 3. The van der Waals surface area contributed by atoms with Gasteiger partial charge in [0.25, 0.3) is 0 Å². The Bertz CT molecular complexity index is 2520. The van der Waals surface area contributed by atoms with Gasteiger partial charge < -0.3 is 39.2 Å². The van der Waals surface area contributed by atoms with E-state index < -0.39 is 63.6 Å². The summed E-state index contributed by atoms with van der Waals surface area (Å²) in [7, 11) is 6.29. The number of methoxy groups -OCH3 is 3. The Kier molecular flexibility index (Phi) is 11.5. The normalized spacial score (nSPS) is 38.2. The van der Waals surface area contributed by atoms with Gasteiger partial charge >= 0.3 is 17.9 Å². The second kappa shape index (κ2) is 16.6. The van der Waals surface area contributed by atoms with E-state index in [1.54, 1.807) is 13.2 Å². The topological polar surface area (TPSA) is 159 Å². The Balaban J connectivity index is 1.21. The summed E-state index contributed by atoms with van der Waals surface area (Å²) in [6, 6.07) is 12.5. The van der Waals surface area contributed by atoms with Crippen molar-refractivity contribution in [1.29, 1.82) is 0 Å². The molecule has 3 aliphatic carbocycles. The fourth-order valence-corrected chi connectivity index (χ4v) is 16.0. The minimum absolute atomic E-state index is 0.0826. The number of hydrogen-bond acceptors (Lipinski definition) is 14. The number of para-hydroxylation sites is 1. The van der Waals surface area contributed by atoms with Crippen molar-refractivity contribution in [2.75, 3.05) is 61.1 Å². The van der Waals surface area contributed by atoms with Crippen molar-refractivity contribution in [2.24, 2.45) is 28.1 Å². The molecular formula is C53H65N3O10S. The molecule has 5 aliphatic heterocycles. The quantitative estimate of drug-likeness (QED) is 0.155. The molecule has 358 valence electrons. The van der Waals surface area contributed by atoms with Gasteiger partial charge in [-0.05, 0) is 116 Å². The average Bonchev–Trinajstić information content (AvgIpc) is 3.98. The van der Waals surface area contributed by atoms with Crippen LogP contribution in [0.4, 0.5) is 0 Å². The van der Waals surface area contributed by atoms with E-state index >= 15 is 4.79 Å². The number of ether oxygens (including phenoxy) is 4. The summed E-state index contributed by atoms with van der Waals surface area (Å²) in [6.45, 7) is 8.63. The highest BCUT2D eigenvalue weighted by Gasteiger charge is 2.81. The van der Waals surface area contributed by atoms with E-state index in [0.717, 1.165) is 43.3 Å². The molecule has 2 aromatic carbocycles. The van der Waals surface area contributed by atoms with E-state index in [2.05, 4.69) is 52.3 Å². The molecule has 3 N–H and O–H groups in total. The Labute approximate surface area is 397 Å². The van der Waals surface area contributed by atoms with Gasteiger partial charge in [0.15, 0.2) is 6.10 Å². The van der Waals surface area contributed by atoms with E-state index in [1.165, 1.54) is 32.9 Å². The van der Waals surface area contributed by atoms with Crippen LogP contribution in [0.15, 0.2) is 93.4 Å². The van der Waals surface area contributed by atoms with E-state index in [4.69, 9.17) is 18.9 Å². The Hall–Kier alpha value is -4.44. The number of allylic oxidation sites excluding steroid dienone is 1. The number of carbonyl (C=O) groups is 3. The van der Waals surface area contributed by atoms with Gasteiger partial charge in [0.2, 0.25) is 5.60 Å². The molecule has 0 radical (unpaired) electrons. The molecule has 14 heteroatoms. The lowest BCUT2D eigenvalue weighted by atomic mass is 9.47. The van der Waals surface area contributed by atoms with Gasteiger partial charge in [0.1, 0.15) is 5.75 Å². The zero-order valence-electron chi connectivity index (χ0n) is 39.7. The van der Waals surface area contributed by atoms with Gasteiger partial charge in [-0.25, -0.2) is 4.79 Å². The number of carbonyl (C=O) groups excluding carboxylic acids is 3. The van der Waals surface area contributed by atoms with Gasteiger partial charge in [-0.15, -0.1) is 0 Å². The van der Waals surface area contributed by atoms with Crippen LogP contribution in [0, 0.1) is 28.1 Å². The Morgan fingerprint density at radius 2 is 1.72 bits per heavy atom. The third-order valence-corrected chi connectivity index (χ3v) is 18.6. The van der Waals surface area contributed by atoms with Crippen molar-refractivity contribution in [3.05, 3.63) is 94.7 Å². The summed E-state index contributed by atoms with van der Waals surface area (Å²) in [5.74, 6) is -2.33. The second-order valence-electron chi connectivity index (χ2n) is 20.6. The smallest absolute Gasteiger partial charge is 0.344 e. The lowest BCUT2D eigenvalue weighted by Gasteiger charge is -2.63. The van der Waals surface area contributed by atoms with Crippen molar-refractivity contribution in [1.82, 2.24) is 14.7 Å². The number of rotatable bonds is 9. The highest BCUT2D eigenvalue weighted by atomic mass is 32.2. The van der Waals surface area contributed by atoms with Gasteiger partial charge in [-0.3, -0.25) is 19.4 Å². The predicted molar refractivity (Wildman–Crippen MR) is 252 cm³/mol. The Morgan fingerprint density at radius 3 is 2.42 bits per heavy atom. The molecule has 4 fully saturated rings. The highest BCUT2D eigenvalue weighted by molar-refractivity contribution is 7.99. The van der Waals surface area contributed by atoms with Crippen molar-refractivity contribution >= 4 is 35.2 Å². The highest BCUT2D eigenvalue weighted by Crippen LogP contribution is 2.71. The van der Waals surface area contributed by atoms with E-state index in [9.17, 15) is 24.9 Å². The van der Waals surface area contributed by atoms with Gasteiger partial charge in [-0.1, -0.05) is 62.0 Å². The number of piperidine rings is 1. The molecule has 5 heterocycles. The van der Waals surface area contributed by atoms with Crippen LogP contribution in [-0.2, 0) is 39.8 Å². The zero-order chi connectivity index (χ0) is 47.4. The number of esters is 3. The van der Waals surface area contributed by atoms with Crippen LogP contribution >= 0.6 is 11.8 Å². The molecule has 3 saturated heterocycles. The van der Waals surface area contributed by atoms with Crippen LogP contribution < -0.4 is 0 Å². The molecule has 1 saturated carbocycles. The number of aliphatic hydroxyl groups is 2. The maximum atomic E-state index is 15.7. The third-order valence-electron chi connectivity index (χ3n) is 17.5. The summed E-state index contributed by atoms with van der Waals surface area (Å²) >= 11 is 1.50. The number of likely N-dealkylation sites (N-methyl/N-ethyl adjacent to an activating group) is 1. The molecule has 2 aromatic rings. The summed E-state index contributed by atoms with van der Waals surface area (Å²) < 4.78 is 24.4. The third kappa shape index (κ3) is 6.55. The van der Waals surface area contributed by atoms with Crippen LogP contribution in [-0.4, -0.2) is 145 Å². The fourth-order valence-electron chi connectivity index (χ4n) is 15.1. The summed E-state index contributed by atoms with van der Waals surface area (Å²) in [5.41, 5.74) is -0.439. The van der Waals surface area contributed by atoms with Crippen molar-refractivity contribution in [2.45, 2.75) is 111 Å². The molecule has 2 bridgehead atoms. The molecule has 8 aliphatic rings. The SMILES string of the molecule is CC[C@]1(O)C[C@H]2CN(CCC3=C(Cc4ccc(Sc5ccccc5O)cc43)[C@@](C(=O)OC)(C3C=C4C(=CC3OC)N(C)[C@H]3[C@@](O)(C(=O)OC)[C@H](OC(C)=O)[C@]5(CC)C=CCN6CC[C@]43[C@@H]65)C2)C1. The second-order valence-corrected chi connectivity index (χ2v) is 21.7. The molecule has 67 heavy (non-hydrogen) atoms. The first kappa shape index (κ1) is 46.3. The van der Waals surface area contributed by atoms with Crippen molar-refractivity contribution < 1.29 is 48.7 Å². The molecule has 10 rings (SSSR count). The first-order chi connectivity index (χ1) is 32.1. The van der Waals surface area contributed by atoms with Gasteiger partial charge in [0, 0.05) is 80.6 Å². The zero-order valence-corrected chi connectivity index (χ0v) is 40.6. The lowest BCUT2D eigenvalue weighted by molar-refractivity contribution is -0.243. The van der Waals surface area contributed by atoms with Crippen LogP contribution in [0.5, 0.6) is 5.75 Å². The van der Waals surface area contributed by atoms with E-state index in [0.29, 0.717) is 77.7 Å². The van der Waals surface area contributed by atoms with Crippen LogP contribution in [0.3, 0.4) is 0 Å². The van der Waals surface area contributed by atoms with Crippen LogP contribution in [0.1, 0.15) is 70.4 Å². The van der Waals surface area contributed by atoms with Crippen molar-refractivity contribution in [3.8, 4) is 5.75 Å². The number of hydrogen-bond donors (Lipinski definition) is 3. The van der Waals surface area contributed by atoms with Gasteiger partial charge in [0.05, 0.1) is 42.3 Å². The summed E-state index contributed by atoms with van der Waals surface area (Å²) in [4.78, 5) is 51.9. The number of benzene rings is 2. The van der Waals surface area contributed by atoms with E-state index in [-0.39, 0.29) is 23.7 Å². The molecule has 1 spiro atoms. The number of phenols is 1. The lowest BCUT2D eigenvalue weighted by Crippen LogP contribution is -2.79. The molecule has 13 nitrogen and oxygen atoms in total. The minimum Gasteiger partial charge on any atom is -0.507 e. The monoisotopic (exact) mass is 935 g/mol. The standard InChI is InChI=1S/C53H65N3O10S/c1-8-49(61)27-32-28-52(47(59)64-6,37-23-33-15-16-34(67-43-14-11-10-13-41(43)58)24-36(33)35(37)17-21-55(29-32)30-49)39-25-38-40(26-42(39)63-5)54(4)45-51(38)19-22-56-20-12-18-50(9-2,44(51)56)46(66-31(3)57)53(45,62)48(60)65-7/h10-16,18,24-26,32,39,42,44-46,58,61-62H,8-9,17,19-23,27-30H2,1-7H3/t32-,39?,42?,44+,45-,46-,49+,50-,51-,52-,53+/m1/s1. The van der Waals surface area contributed by atoms with Crippen LogP contribution in [0.25, 0.3) is 5.57 Å². The first-order valence-electron chi connectivity index (χ1n) is 24.0. The number of likely N-dealkylation sites (tertiary alicyclic amines) is 1. The number of aromatic hydroxyl groups is 1. The van der Waals surface area contributed by atoms with Crippen LogP contribution in [0.2, 0.25) is 0 Å². The molecule has 3 unspecified atom stereocenters. The molecular weight excluding hydrogens is 871 g/mol. The summed E-state index contributed by atoms with van der Waals surface area (Å²) in [6.07, 6.45) is 10.2. The average molecular weight is 936 g/mol. The number of phenolic OH excluding ortho intramolecular Hbond substituents is 1. The molecule has 0 amide bonds. The Morgan fingerprint density at radius 1 is 0.940 bits per heavy atom. The molecule has 12 atom stereocenters. The summed E-state index contributed by atoms with van der Waals surface area (Å²) in [5, 5.41) is 36.4. The van der Waals surface area contributed by atoms with Gasteiger partial charge in [-0.2, -0.15) is 0 Å².